The van der Waals surface area contributed by atoms with E-state index in [0.29, 0.717) is 12.1 Å². The molecule has 0 aliphatic rings. The van der Waals surface area contributed by atoms with Crippen LogP contribution < -0.4 is 15.5 Å². The molecule has 0 unspecified atom stereocenters. The average molecular weight is 325 g/mol. The number of nitrogens with zero attached hydrogens (tertiary/aromatic N) is 1. The fourth-order valence-corrected chi connectivity index (χ4v) is 2.22. The van der Waals surface area contributed by atoms with E-state index in [0.717, 1.165) is 17.7 Å². The molecule has 0 radical (unpaired) electrons. The van der Waals surface area contributed by atoms with Gasteiger partial charge in [-0.05, 0) is 36.2 Å². The van der Waals surface area contributed by atoms with Gasteiger partial charge in [-0.25, -0.2) is 0 Å². The van der Waals surface area contributed by atoms with Gasteiger partial charge in [-0.2, -0.15) is 0 Å². The van der Waals surface area contributed by atoms with Gasteiger partial charge in [-0.1, -0.05) is 30.3 Å². The fourth-order valence-electron chi connectivity index (χ4n) is 2.22. The molecule has 0 heterocycles. The molecule has 2 N–H and O–H groups in total. The number of benzene rings is 2. The number of rotatable bonds is 7. The Balaban J connectivity index is 1.69. The van der Waals surface area contributed by atoms with E-state index in [1.165, 1.54) is 0 Å². The average Bonchev–Trinajstić information content (AvgIpc) is 2.61. The Kier molecular flexibility index (Phi) is 6.37. The summed E-state index contributed by atoms with van der Waals surface area (Å²) in [6.45, 7) is 0.522. The molecule has 0 atom stereocenters. The zero-order valence-corrected chi connectivity index (χ0v) is 14.1. The standard InChI is InChI=1S/C19H23N3O2/c1-22(2)17-10-8-15(9-11-17)12-13-20-18(23)14-21-19(24)16-6-4-3-5-7-16/h3-11H,12-14H2,1-2H3,(H,20,23)(H,21,24). The van der Waals surface area contributed by atoms with Crippen molar-refractivity contribution in [2.75, 3.05) is 32.1 Å². The third kappa shape index (κ3) is 5.43. The van der Waals surface area contributed by atoms with E-state index in [-0.39, 0.29) is 18.4 Å². The minimum Gasteiger partial charge on any atom is -0.378 e. The van der Waals surface area contributed by atoms with E-state index in [1.807, 2.05) is 25.1 Å². The maximum atomic E-state index is 11.8. The summed E-state index contributed by atoms with van der Waals surface area (Å²) in [5.74, 6) is -0.436. The smallest absolute Gasteiger partial charge is 0.251 e. The monoisotopic (exact) mass is 325 g/mol. The Morgan fingerprint density at radius 2 is 1.58 bits per heavy atom. The van der Waals surface area contributed by atoms with E-state index >= 15 is 0 Å². The van der Waals surface area contributed by atoms with Crippen LogP contribution in [0.1, 0.15) is 15.9 Å². The molecule has 2 rings (SSSR count). The molecule has 5 nitrogen and oxygen atoms in total. The van der Waals surface area contributed by atoms with Crippen molar-refractivity contribution >= 4 is 17.5 Å². The Morgan fingerprint density at radius 1 is 0.917 bits per heavy atom. The van der Waals surface area contributed by atoms with Crippen molar-refractivity contribution in [3.63, 3.8) is 0 Å². The lowest BCUT2D eigenvalue weighted by Gasteiger charge is -2.12. The van der Waals surface area contributed by atoms with Gasteiger partial charge in [0.05, 0.1) is 6.54 Å². The summed E-state index contributed by atoms with van der Waals surface area (Å²) in [7, 11) is 4.00. The SMILES string of the molecule is CN(C)c1ccc(CCNC(=O)CNC(=O)c2ccccc2)cc1. The summed E-state index contributed by atoms with van der Waals surface area (Å²) in [4.78, 5) is 25.7. The number of carbonyl (C=O) groups is 2. The highest BCUT2D eigenvalue weighted by Crippen LogP contribution is 2.12. The van der Waals surface area contributed by atoms with E-state index in [9.17, 15) is 9.59 Å². The van der Waals surface area contributed by atoms with Gasteiger partial charge in [0, 0.05) is 31.9 Å². The van der Waals surface area contributed by atoms with Crippen LogP contribution in [0.25, 0.3) is 0 Å². The highest BCUT2D eigenvalue weighted by molar-refractivity contribution is 5.96. The van der Waals surface area contributed by atoms with E-state index in [1.54, 1.807) is 24.3 Å². The first-order chi connectivity index (χ1) is 11.6. The van der Waals surface area contributed by atoms with E-state index in [4.69, 9.17) is 0 Å². The molecule has 0 bridgehead atoms. The summed E-state index contributed by atoms with van der Waals surface area (Å²) in [6, 6.07) is 17.1. The number of anilines is 1. The summed E-state index contributed by atoms with van der Waals surface area (Å²) in [5.41, 5.74) is 2.85. The van der Waals surface area contributed by atoms with Crippen LogP contribution in [0.15, 0.2) is 54.6 Å². The van der Waals surface area contributed by atoms with Crippen molar-refractivity contribution in [2.24, 2.45) is 0 Å². The van der Waals surface area contributed by atoms with Gasteiger partial charge in [0.2, 0.25) is 5.91 Å². The molecule has 0 saturated carbocycles. The van der Waals surface area contributed by atoms with Gasteiger partial charge in [0.15, 0.2) is 0 Å². The number of hydrogen-bond donors (Lipinski definition) is 2. The van der Waals surface area contributed by atoms with Gasteiger partial charge in [-0.15, -0.1) is 0 Å². The van der Waals surface area contributed by atoms with Crippen LogP contribution in [-0.4, -0.2) is 39.0 Å². The van der Waals surface area contributed by atoms with Crippen molar-refractivity contribution in [1.29, 1.82) is 0 Å². The third-order valence-electron chi connectivity index (χ3n) is 3.63. The van der Waals surface area contributed by atoms with Crippen molar-refractivity contribution < 1.29 is 9.59 Å². The van der Waals surface area contributed by atoms with Crippen molar-refractivity contribution in [1.82, 2.24) is 10.6 Å². The van der Waals surface area contributed by atoms with E-state index < -0.39 is 0 Å². The molecule has 0 aromatic heterocycles. The molecule has 24 heavy (non-hydrogen) atoms. The minimum absolute atomic E-state index is 0.0205. The largest absolute Gasteiger partial charge is 0.378 e. The first-order valence-corrected chi connectivity index (χ1v) is 7.92. The van der Waals surface area contributed by atoms with Crippen LogP contribution >= 0.6 is 0 Å². The second kappa shape index (κ2) is 8.72. The van der Waals surface area contributed by atoms with Crippen LogP contribution in [0.2, 0.25) is 0 Å². The van der Waals surface area contributed by atoms with Gasteiger partial charge < -0.3 is 15.5 Å². The Hall–Kier alpha value is -2.82. The van der Waals surface area contributed by atoms with Crippen LogP contribution in [0.3, 0.4) is 0 Å². The molecule has 0 spiro atoms. The molecule has 5 heteroatoms. The molecule has 126 valence electrons. The third-order valence-corrected chi connectivity index (χ3v) is 3.63. The number of hydrogen-bond acceptors (Lipinski definition) is 3. The molecular formula is C19H23N3O2. The van der Waals surface area contributed by atoms with Crippen LogP contribution in [0, 0.1) is 0 Å². The molecule has 2 aromatic carbocycles. The number of carbonyl (C=O) groups excluding carboxylic acids is 2. The van der Waals surface area contributed by atoms with Crippen molar-refractivity contribution in [3.05, 3.63) is 65.7 Å². The van der Waals surface area contributed by atoms with Gasteiger partial charge in [-0.3, -0.25) is 9.59 Å². The predicted molar refractivity (Wildman–Crippen MR) is 96.3 cm³/mol. The van der Waals surface area contributed by atoms with Crippen LogP contribution in [0.4, 0.5) is 5.69 Å². The molecule has 2 aromatic rings. The molecule has 0 aliphatic carbocycles. The van der Waals surface area contributed by atoms with Gasteiger partial charge >= 0.3 is 0 Å². The second-order valence-corrected chi connectivity index (χ2v) is 5.71. The Labute approximate surface area is 142 Å². The normalized spacial score (nSPS) is 10.1. The maximum Gasteiger partial charge on any atom is 0.251 e. The first kappa shape index (κ1) is 17.5. The zero-order valence-electron chi connectivity index (χ0n) is 14.1. The lowest BCUT2D eigenvalue weighted by Crippen LogP contribution is -2.37. The van der Waals surface area contributed by atoms with Crippen molar-refractivity contribution in [3.8, 4) is 0 Å². The predicted octanol–water partition coefficient (Wildman–Crippen LogP) is 1.84. The molecule has 0 aliphatic heterocycles. The second-order valence-electron chi connectivity index (χ2n) is 5.71. The van der Waals surface area contributed by atoms with Crippen LogP contribution in [0.5, 0.6) is 0 Å². The van der Waals surface area contributed by atoms with Gasteiger partial charge in [0.25, 0.3) is 5.91 Å². The molecular weight excluding hydrogens is 302 g/mol. The topological polar surface area (TPSA) is 61.4 Å². The maximum absolute atomic E-state index is 11.8. The zero-order chi connectivity index (χ0) is 17.4. The Morgan fingerprint density at radius 3 is 2.21 bits per heavy atom. The number of nitrogens with one attached hydrogen (secondary N) is 2. The summed E-state index contributed by atoms with van der Waals surface area (Å²) < 4.78 is 0. The van der Waals surface area contributed by atoms with Crippen LogP contribution in [-0.2, 0) is 11.2 Å². The van der Waals surface area contributed by atoms with Crippen molar-refractivity contribution in [2.45, 2.75) is 6.42 Å². The highest BCUT2D eigenvalue weighted by Gasteiger charge is 2.07. The Bertz CT molecular complexity index is 667. The summed E-state index contributed by atoms with van der Waals surface area (Å²) in [5, 5.41) is 5.42. The highest BCUT2D eigenvalue weighted by atomic mass is 16.2. The summed E-state index contributed by atoms with van der Waals surface area (Å²) in [6.07, 6.45) is 0.756. The lowest BCUT2D eigenvalue weighted by molar-refractivity contribution is -0.120. The molecule has 0 saturated heterocycles. The minimum atomic E-state index is -0.245. The fraction of sp³-hybridized carbons (Fsp3) is 0.263. The molecule has 2 amide bonds. The van der Waals surface area contributed by atoms with E-state index in [2.05, 4.69) is 34.9 Å². The number of amides is 2. The van der Waals surface area contributed by atoms with Gasteiger partial charge in [0.1, 0.15) is 0 Å². The molecule has 0 fully saturated rings. The summed E-state index contributed by atoms with van der Waals surface area (Å²) >= 11 is 0. The first-order valence-electron chi connectivity index (χ1n) is 7.92. The quantitative estimate of drug-likeness (QED) is 0.816. The lowest BCUT2D eigenvalue weighted by atomic mass is 10.1.